The van der Waals surface area contributed by atoms with Crippen LogP contribution < -0.4 is 0 Å². The van der Waals surface area contributed by atoms with Gasteiger partial charge in [-0.15, -0.1) is 10.2 Å². The number of nitrogens with zero attached hydrogens (tertiary/aromatic N) is 5. The van der Waals surface area contributed by atoms with E-state index in [9.17, 15) is 0 Å². The van der Waals surface area contributed by atoms with E-state index in [1.54, 1.807) is 10.8 Å². The fourth-order valence-electron chi connectivity index (χ4n) is 3.73. The van der Waals surface area contributed by atoms with Crippen LogP contribution in [0.15, 0.2) is 6.33 Å². The van der Waals surface area contributed by atoms with Crippen LogP contribution in [0.3, 0.4) is 0 Å². The van der Waals surface area contributed by atoms with Crippen LogP contribution in [0.1, 0.15) is 50.9 Å². The van der Waals surface area contributed by atoms with Crippen molar-refractivity contribution in [1.29, 1.82) is 0 Å². The molecular weight excluding hydrogens is 214 g/mol. The number of aromatic nitrogens is 5. The minimum Gasteiger partial charge on any atom is -0.212 e. The van der Waals surface area contributed by atoms with Crippen LogP contribution in [-0.4, -0.2) is 24.8 Å². The third-order valence-corrected chi connectivity index (χ3v) is 5.26. The Balaban J connectivity index is 2.09. The van der Waals surface area contributed by atoms with Crippen LogP contribution >= 0.6 is 0 Å². The van der Waals surface area contributed by atoms with Gasteiger partial charge in [-0.05, 0) is 18.3 Å². The fourth-order valence-corrected chi connectivity index (χ4v) is 3.73. The van der Waals surface area contributed by atoms with E-state index in [1.807, 2.05) is 0 Å². The van der Waals surface area contributed by atoms with Crippen molar-refractivity contribution < 1.29 is 0 Å². The molecule has 5 nitrogen and oxygen atoms in total. The Morgan fingerprint density at radius 1 is 1.35 bits per heavy atom. The average molecular weight is 229 g/mol. The quantitative estimate of drug-likeness (QED) is 0.690. The van der Waals surface area contributed by atoms with Gasteiger partial charge in [-0.1, -0.05) is 20.8 Å². The normalized spacial score (nSPS) is 33.2. The number of fused-ring (bicyclic) bond motifs is 6. The van der Waals surface area contributed by atoms with Gasteiger partial charge in [-0.25, -0.2) is 4.98 Å². The Bertz CT molecular complexity index is 629. The van der Waals surface area contributed by atoms with Crippen LogP contribution in [0.5, 0.6) is 0 Å². The summed E-state index contributed by atoms with van der Waals surface area (Å²) in [5, 5.41) is 12.5. The van der Waals surface area contributed by atoms with Gasteiger partial charge in [0.2, 0.25) is 0 Å². The van der Waals surface area contributed by atoms with Crippen molar-refractivity contribution in [2.24, 2.45) is 5.41 Å². The Labute approximate surface area is 99.3 Å². The molecule has 0 spiro atoms. The SMILES string of the molecule is CC1(C)[C@@H]2CC[C@@]1(C)c1nc3nncn3nc12. The van der Waals surface area contributed by atoms with Crippen molar-refractivity contribution in [3.05, 3.63) is 17.7 Å². The van der Waals surface area contributed by atoms with Crippen molar-refractivity contribution in [3.63, 3.8) is 0 Å². The smallest absolute Gasteiger partial charge is 0.212 e. The fraction of sp³-hybridized carbons (Fsp3) is 0.667. The summed E-state index contributed by atoms with van der Waals surface area (Å²) >= 11 is 0. The highest BCUT2D eigenvalue weighted by Gasteiger charge is 2.61. The molecule has 1 fully saturated rings. The van der Waals surface area contributed by atoms with E-state index in [2.05, 4.69) is 36.1 Å². The highest BCUT2D eigenvalue weighted by molar-refractivity contribution is 5.43. The third kappa shape index (κ3) is 0.851. The summed E-state index contributed by atoms with van der Waals surface area (Å²) in [6, 6.07) is 0. The molecule has 0 amide bonds. The zero-order valence-corrected chi connectivity index (χ0v) is 10.3. The maximum atomic E-state index is 4.69. The lowest BCUT2D eigenvalue weighted by molar-refractivity contribution is 0.227. The predicted molar refractivity (Wildman–Crippen MR) is 61.7 cm³/mol. The second-order valence-corrected chi connectivity index (χ2v) is 6.07. The van der Waals surface area contributed by atoms with Crippen LogP contribution in [-0.2, 0) is 5.41 Å². The first-order valence-corrected chi connectivity index (χ1v) is 6.12. The van der Waals surface area contributed by atoms with E-state index in [-0.39, 0.29) is 10.8 Å². The van der Waals surface area contributed by atoms with Crippen molar-refractivity contribution in [2.75, 3.05) is 0 Å². The molecule has 0 N–H and O–H groups in total. The molecule has 88 valence electrons. The molecule has 2 aromatic heterocycles. The van der Waals surface area contributed by atoms with E-state index < -0.39 is 0 Å². The summed E-state index contributed by atoms with van der Waals surface area (Å²) in [5.74, 6) is 1.15. The summed E-state index contributed by atoms with van der Waals surface area (Å²) in [6.45, 7) is 7.00. The molecule has 2 heterocycles. The van der Waals surface area contributed by atoms with Crippen molar-refractivity contribution >= 4 is 5.78 Å². The van der Waals surface area contributed by atoms with E-state index in [0.717, 1.165) is 11.4 Å². The van der Waals surface area contributed by atoms with Gasteiger partial charge in [0.25, 0.3) is 5.78 Å². The second-order valence-electron chi connectivity index (χ2n) is 6.07. The van der Waals surface area contributed by atoms with Gasteiger partial charge in [0.05, 0.1) is 11.4 Å². The van der Waals surface area contributed by atoms with E-state index >= 15 is 0 Å². The number of rotatable bonds is 0. The number of hydrogen-bond acceptors (Lipinski definition) is 4. The lowest BCUT2D eigenvalue weighted by atomic mass is 9.70. The minimum atomic E-state index is 0.147. The zero-order valence-electron chi connectivity index (χ0n) is 10.3. The van der Waals surface area contributed by atoms with E-state index in [4.69, 9.17) is 4.98 Å². The Morgan fingerprint density at radius 2 is 2.18 bits per heavy atom. The molecule has 1 saturated carbocycles. The lowest BCUT2D eigenvalue weighted by Gasteiger charge is -2.33. The van der Waals surface area contributed by atoms with E-state index in [0.29, 0.717) is 11.7 Å². The third-order valence-electron chi connectivity index (χ3n) is 5.26. The molecule has 0 radical (unpaired) electrons. The largest absolute Gasteiger partial charge is 0.271 e. The van der Waals surface area contributed by atoms with Crippen LogP contribution in [0.4, 0.5) is 0 Å². The zero-order chi connectivity index (χ0) is 11.8. The number of hydrogen-bond donors (Lipinski definition) is 0. The van der Waals surface area contributed by atoms with Crippen LogP contribution in [0, 0.1) is 5.41 Å². The van der Waals surface area contributed by atoms with Gasteiger partial charge in [0, 0.05) is 11.3 Å². The molecular formula is C12H15N5. The topological polar surface area (TPSA) is 56.0 Å². The molecule has 2 atom stereocenters. The summed E-state index contributed by atoms with van der Waals surface area (Å²) in [4.78, 5) is 4.69. The highest BCUT2D eigenvalue weighted by atomic mass is 15.4. The molecule has 2 aromatic rings. The standard InChI is InChI=1S/C12H15N5/c1-11(2)7-4-5-12(11,3)9-8(7)16-17-6-13-15-10(17)14-9/h6-7H,4-5H2,1-3H3/t7-,12+/m1/s1. The molecule has 2 bridgehead atoms. The summed E-state index contributed by atoms with van der Waals surface area (Å²) in [7, 11) is 0. The van der Waals surface area contributed by atoms with Crippen molar-refractivity contribution in [1.82, 2.24) is 24.8 Å². The minimum absolute atomic E-state index is 0.147. The first kappa shape index (κ1) is 9.50. The Kier molecular flexibility index (Phi) is 1.39. The first-order chi connectivity index (χ1) is 8.04. The average Bonchev–Trinajstić information content (AvgIpc) is 2.85. The van der Waals surface area contributed by atoms with E-state index in [1.165, 1.54) is 12.8 Å². The molecule has 17 heavy (non-hydrogen) atoms. The summed E-state index contributed by atoms with van der Waals surface area (Å²) in [6.07, 6.45) is 4.05. The van der Waals surface area contributed by atoms with Gasteiger partial charge in [-0.3, -0.25) is 0 Å². The van der Waals surface area contributed by atoms with Gasteiger partial charge < -0.3 is 0 Å². The van der Waals surface area contributed by atoms with Crippen LogP contribution in [0.25, 0.3) is 5.78 Å². The van der Waals surface area contributed by atoms with Gasteiger partial charge in [-0.2, -0.15) is 9.61 Å². The summed E-state index contributed by atoms with van der Waals surface area (Å²) in [5.41, 5.74) is 2.71. The highest BCUT2D eigenvalue weighted by Crippen LogP contribution is 2.66. The molecule has 2 aliphatic rings. The molecule has 2 aliphatic carbocycles. The monoisotopic (exact) mass is 229 g/mol. The van der Waals surface area contributed by atoms with Gasteiger partial charge in [0.1, 0.15) is 6.33 Å². The molecule has 5 heteroatoms. The van der Waals surface area contributed by atoms with Crippen molar-refractivity contribution in [2.45, 2.75) is 44.9 Å². The molecule has 0 saturated heterocycles. The predicted octanol–water partition coefficient (Wildman–Crippen LogP) is 1.69. The molecule has 0 aromatic carbocycles. The van der Waals surface area contributed by atoms with Gasteiger partial charge in [0.15, 0.2) is 0 Å². The first-order valence-electron chi connectivity index (χ1n) is 6.12. The lowest BCUT2D eigenvalue weighted by Crippen LogP contribution is -2.32. The maximum absolute atomic E-state index is 4.69. The Morgan fingerprint density at radius 3 is 3.00 bits per heavy atom. The molecule has 0 unspecified atom stereocenters. The maximum Gasteiger partial charge on any atom is 0.271 e. The van der Waals surface area contributed by atoms with Crippen molar-refractivity contribution in [3.8, 4) is 0 Å². The molecule has 0 aliphatic heterocycles. The Hall–Kier alpha value is -1.52. The second kappa shape index (κ2) is 2.49. The van der Waals surface area contributed by atoms with Crippen LogP contribution in [0.2, 0.25) is 0 Å². The summed E-state index contributed by atoms with van der Waals surface area (Å²) < 4.78 is 1.69. The van der Waals surface area contributed by atoms with Gasteiger partial charge >= 0.3 is 0 Å². The molecule has 4 rings (SSSR count).